The Bertz CT molecular complexity index is 369. The average Bonchev–Trinajstić information content (AvgIpc) is 2.26. The predicted molar refractivity (Wildman–Crippen MR) is 65.1 cm³/mol. The molecule has 0 rings (SSSR count). The quantitative estimate of drug-likeness (QED) is 0.428. The first-order valence-corrected chi connectivity index (χ1v) is 5.49. The van der Waals surface area contributed by atoms with E-state index in [1.165, 1.54) is 4.90 Å². The van der Waals surface area contributed by atoms with Crippen LogP contribution in [0.25, 0.3) is 0 Å². The van der Waals surface area contributed by atoms with E-state index >= 15 is 0 Å². The second-order valence-electron chi connectivity index (χ2n) is 4.00. The third-order valence-electron chi connectivity index (χ3n) is 2.13. The van der Waals surface area contributed by atoms with Gasteiger partial charge in [0.25, 0.3) is 0 Å². The lowest BCUT2D eigenvalue weighted by Gasteiger charge is -2.14. The minimum atomic E-state index is -1.39. The standard InChI is InChI=1S/C10H18N4O5/c1-14(2)8(16)3-4-12-10(19)13-6(9(17)18)5-7(11)15/h6H,3-5H2,1-2H3,(H2,11,15)(H,17,18)(H2,12,13,19)/t6-/m0/s1. The Labute approximate surface area is 110 Å². The maximum Gasteiger partial charge on any atom is 0.326 e. The molecule has 0 aliphatic heterocycles. The topological polar surface area (TPSA) is 142 Å². The van der Waals surface area contributed by atoms with Gasteiger partial charge >= 0.3 is 12.0 Å². The van der Waals surface area contributed by atoms with E-state index in [1.54, 1.807) is 14.1 Å². The fraction of sp³-hybridized carbons (Fsp3) is 0.600. The van der Waals surface area contributed by atoms with Crippen LogP contribution in [0.5, 0.6) is 0 Å². The van der Waals surface area contributed by atoms with Crippen molar-refractivity contribution in [2.45, 2.75) is 18.9 Å². The summed E-state index contributed by atoms with van der Waals surface area (Å²) in [6.45, 7) is 0.0613. The highest BCUT2D eigenvalue weighted by Crippen LogP contribution is 1.92. The van der Waals surface area contributed by atoms with Crippen molar-refractivity contribution in [1.29, 1.82) is 0 Å². The molecule has 0 aromatic carbocycles. The number of carbonyl (C=O) groups is 4. The molecule has 0 aromatic rings. The molecule has 0 unspecified atom stereocenters. The second-order valence-corrected chi connectivity index (χ2v) is 4.00. The summed E-state index contributed by atoms with van der Waals surface area (Å²) < 4.78 is 0. The lowest BCUT2D eigenvalue weighted by atomic mass is 10.2. The zero-order valence-corrected chi connectivity index (χ0v) is 10.8. The number of urea groups is 1. The van der Waals surface area contributed by atoms with Crippen LogP contribution in [0.3, 0.4) is 0 Å². The maximum atomic E-state index is 11.3. The summed E-state index contributed by atoms with van der Waals surface area (Å²) in [6, 6.07) is -2.16. The Morgan fingerprint density at radius 2 is 1.84 bits per heavy atom. The first-order chi connectivity index (χ1) is 8.73. The lowest BCUT2D eigenvalue weighted by molar-refractivity contribution is -0.140. The van der Waals surface area contributed by atoms with Gasteiger partial charge in [-0.2, -0.15) is 0 Å². The fourth-order valence-electron chi connectivity index (χ4n) is 1.12. The predicted octanol–water partition coefficient (Wildman–Crippen LogP) is -1.91. The molecule has 0 aliphatic rings. The third kappa shape index (κ3) is 7.58. The van der Waals surface area contributed by atoms with Crippen molar-refractivity contribution in [2.24, 2.45) is 5.73 Å². The largest absolute Gasteiger partial charge is 0.480 e. The number of nitrogens with zero attached hydrogens (tertiary/aromatic N) is 1. The van der Waals surface area contributed by atoms with Crippen molar-refractivity contribution in [2.75, 3.05) is 20.6 Å². The van der Waals surface area contributed by atoms with Gasteiger partial charge in [0, 0.05) is 27.1 Å². The smallest absolute Gasteiger partial charge is 0.326 e. The van der Waals surface area contributed by atoms with Crippen LogP contribution in [0.1, 0.15) is 12.8 Å². The van der Waals surface area contributed by atoms with Gasteiger partial charge in [-0.05, 0) is 0 Å². The van der Waals surface area contributed by atoms with Crippen LogP contribution in [-0.4, -0.2) is 60.5 Å². The number of primary amides is 1. The molecular weight excluding hydrogens is 256 g/mol. The van der Waals surface area contributed by atoms with Gasteiger partial charge in [0.15, 0.2) is 0 Å². The number of hydrogen-bond donors (Lipinski definition) is 4. The number of hydrogen-bond acceptors (Lipinski definition) is 4. The zero-order chi connectivity index (χ0) is 15.0. The highest BCUT2D eigenvalue weighted by atomic mass is 16.4. The van der Waals surface area contributed by atoms with Crippen molar-refractivity contribution in [1.82, 2.24) is 15.5 Å². The maximum absolute atomic E-state index is 11.3. The minimum absolute atomic E-state index is 0.0613. The first kappa shape index (κ1) is 16.7. The molecule has 0 aliphatic carbocycles. The number of aliphatic carboxylic acids is 1. The molecule has 19 heavy (non-hydrogen) atoms. The SMILES string of the molecule is CN(C)C(=O)CCNC(=O)N[C@@H](CC(N)=O)C(=O)O. The highest BCUT2D eigenvalue weighted by molar-refractivity contribution is 5.87. The van der Waals surface area contributed by atoms with Crippen LogP contribution in [0.15, 0.2) is 0 Å². The van der Waals surface area contributed by atoms with Crippen LogP contribution >= 0.6 is 0 Å². The van der Waals surface area contributed by atoms with Gasteiger partial charge < -0.3 is 26.4 Å². The van der Waals surface area contributed by atoms with Crippen molar-refractivity contribution in [3.63, 3.8) is 0 Å². The third-order valence-corrected chi connectivity index (χ3v) is 2.13. The summed E-state index contributed by atoms with van der Waals surface area (Å²) in [4.78, 5) is 45.2. The van der Waals surface area contributed by atoms with Crippen LogP contribution in [0.2, 0.25) is 0 Å². The van der Waals surface area contributed by atoms with Crippen LogP contribution < -0.4 is 16.4 Å². The Balaban J connectivity index is 4.10. The summed E-state index contributed by atoms with van der Waals surface area (Å²) in [5.74, 6) is -2.37. The molecule has 0 radical (unpaired) electrons. The minimum Gasteiger partial charge on any atom is -0.480 e. The molecule has 0 saturated heterocycles. The molecule has 9 heteroatoms. The number of nitrogens with two attached hydrogens (primary N) is 1. The molecule has 9 nitrogen and oxygen atoms in total. The summed E-state index contributed by atoms with van der Waals surface area (Å²) >= 11 is 0. The number of carbonyl (C=O) groups excluding carboxylic acids is 3. The summed E-state index contributed by atoms with van der Waals surface area (Å²) in [7, 11) is 3.16. The van der Waals surface area contributed by atoms with Gasteiger partial charge in [0.1, 0.15) is 6.04 Å². The van der Waals surface area contributed by atoms with Crippen LogP contribution in [0, 0.1) is 0 Å². The van der Waals surface area contributed by atoms with Gasteiger partial charge in [-0.3, -0.25) is 9.59 Å². The van der Waals surface area contributed by atoms with E-state index in [0.717, 1.165) is 0 Å². The Hall–Kier alpha value is -2.32. The van der Waals surface area contributed by atoms with Gasteiger partial charge in [-0.15, -0.1) is 0 Å². The van der Waals surface area contributed by atoms with E-state index in [9.17, 15) is 19.2 Å². The van der Waals surface area contributed by atoms with Gasteiger partial charge in [-0.1, -0.05) is 0 Å². The first-order valence-electron chi connectivity index (χ1n) is 5.49. The summed E-state index contributed by atoms with van der Waals surface area (Å²) in [5.41, 5.74) is 4.86. The Morgan fingerprint density at radius 3 is 2.26 bits per heavy atom. The van der Waals surface area contributed by atoms with E-state index in [0.29, 0.717) is 0 Å². The van der Waals surface area contributed by atoms with Gasteiger partial charge in [-0.25, -0.2) is 9.59 Å². The number of rotatable bonds is 7. The molecule has 0 saturated carbocycles. The molecule has 0 bridgehead atoms. The van der Waals surface area contributed by atoms with Gasteiger partial charge in [0.05, 0.1) is 6.42 Å². The molecule has 4 amide bonds. The van der Waals surface area contributed by atoms with E-state index in [1.807, 2.05) is 0 Å². The molecule has 0 heterocycles. The summed E-state index contributed by atoms with van der Waals surface area (Å²) in [5, 5.41) is 13.1. The Morgan fingerprint density at radius 1 is 1.26 bits per heavy atom. The molecular formula is C10H18N4O5. The van der Waals surface area contributed by atoms with Crippen LogP contribution in [-0.2, 0) is 14.4 Å². The normalized spacial score (nSPS) is 11.3. The van der Waals surface area contributed by atoms with E-state index in [2.05, 4.69) is 10.6 Å². The van der Waals surface area contributed by atoms with Crippen molar-refractivity contribution in [3.8, 4) is 0 Å². The highest BCUT2D eigenvalue weighted by Gasteiger charge is 2.21. The molecule has 0 aromatic heterocycles. The molecule has 0 spiro atoms. The Kier molecular flexibility index (Phi) is 6.94. The monoisotopic (exact) mass is 274 g/mol. The van der Waals surface area contributed by atoms with Crippen molar-refractivity contribution < 1.29 is 24.3 Å². The van der Waals surface area contributed by atoms with Crippen LogP contribution in [0.4, 0.5) is 4.79 Å². The number of nitrogens with one attached hydrogen (secondary N) is 2. The summed E-state index contributed by atoms with van der Waals surface area (Å²) in [6.07, 6.45) is -0.409. The fourth-order valence-corrected chi connectivity index (χ4v) is 1.12. The van der Waals surface area contributed by atoms with E-state index < -0.39 is 30.4 Å². The second kappa shape index (κ2) is 7.90. The zero-order valence-electron chi connectivity index (χ0n) is 10.8. The van der Waals surface area contributed by atoms with Gasteiger partial charge in [0.2, 0.25) is 11.8 Å². The number of carboxylic acids is 1. The molecule has 5 N–H and O–H groups in total. The lowest BCUT2D eigenvalue weighted by Crippen LogP contribution is -2.48. The van der Waals surface area contributed by atoms with E-state index in [4.69, 9.17) is 10.8 Å². The molecule has 108 valence electrons. The van der Waals surface area contributed by atoms with Crippen molar-refractivity contribution >= 4 is 23.8 Å². The number of amides is 4. The van der Waals surface area contributed by atoms with E-state index in [-0.39, 0.29) is 18.9 Å². The number of carboxylic acid groups (broad SMARTS) is 1. The van der Waals surface area contributed by atoms with Crippen molar-refractivity contribution in [3.05, 3.63) is 0 Å². The molecule has 0 fully saturated rings. The average molecular weight is 274 g/mol. The molecule has 1 atom stereocenters.